The Hall–Kier alpha value is -2.04. The van der Waals surface area contributed by atoms with E-state index >= 15 is 0 Å². The van der Waals surface area contributed by atoms with E-state index in [1.807, 2.05) is 25.3 Å². The fraction of sp³-hybridized carbons (Fsp3) is 0.312. The van der Waals surface area contributed by atoms with Crippen LogP contribution in [0, 0.1) is 18.3 Å². The number of nitrogens with zero attached hydrogens (tertiary/aromatic N) is 1. The number of allylic oxidation sites excluding steroid dienone is 3. The lowest BCUT2D eigenvalue weighted by atomic mass is 9.84. The number of dihydropyridines is 1. The molecular weight excluding hydrogens is 330 g/mol. The van der Waals surface area contributed by atoms with Gasteiger partial charge in [0.15, 0.2) is 5.78 Å². The average Bonchev–Trinajstić information content (AvgIpc) is 2.89. The standard InChI is InChI=1S/C16H17N3O2S2/c1-8-4-5-22-15(8)14-11(6-17)16(23-7-12(18)21)19-9(2)13(14)10(3)20/h4-5,14,19H,7H2,1-3H3,(H2,18,21)/t14-/m1/s1. The highest BCUT2D eigenvalue weighted by Crippen LogP contribution is 2.43. The lowest BCUT2D eigenvalue weighted by molar-refractivity contribution is -0.115. The summed E-state index contributed by atoms with van der Waals surface area (Å²) < 4.78 is 0. The molecule has 23 heavy (non-hydrogen) atoms. The monoisotopic (exact) mass is 347 g/mol. The fourth-order valence-electron chi connectivity index (χ4n) is 2.58. The minimum absolute atomic E-state index is 0.0699. The number of carbonyl (C=O) groups excluding carboxylic acids is 2. The highest BCUT2D eigenvalue weighted by Gasteiger charge is 2.34. The van der Waals surface area contributed by atoms with Crippen molar-refractivity contribution in [2.75, 3.05) is 5.75 Å². The number of nitrogens with one attached hydrogen (secondary N) is 1. The van der Waals surface area contributed by atoms with Crippen LogP contribution in [-0.4, -0.2) is 17.4 Å². The molecule has 5 nitrogen and oxygen atoms in total. The van der Waals surface area contributed by atoms with E-state index in [1.54, 1.807) is 0 Å². The number of primary amides is 1. The molecular formula is C16H17N3O2S2. The summed E-state index contributed by atoms with van der Waals surface area (Å²) in [4.78, 5) is 24.2. The van der Waals surface area contributed by atoms with Crippen LogP contribution >= 0.6 is 23.1 Å². The van der Waals surface area contributed by atoms with Gasteiger partial charge in [-0.05, 0) is 37.8 Å². The van der Waals surface area contributed by atoms with Gasteiger partial charge in [0.05, 0.1) is 28.3 Å². The number of hydrogen-bond acceptors (Lipinski definition) is 6. The number of aryl methyl sites for hydroxylation is 1. The zero-order chi connectivity index (χ0) is 17.1. The molecule has 0 fully saturated rings. The van der Waals surface area contributed by atoms with Crippen molar-refractivity contribution in [3.8, 4) is 6.07 Å². The quantitative estimate of drug-likeness (QED) is 0.853. The summed E-state index contributed by atoms with van der Waals surface area (Å²) in [6.07, 6.45) is 0. The van der Waals surface area contributed by atoms with Gasteiger partial charge >= 0.3 is 0 Å². The van der Waals surface area contributed by atoms with Gasteiger partial charge in [0, 0.05) is 16.1 Å². The Morgan fingerprint density at radius 3 is 2.65 bits per heavy atom. The van der Waals surface area contributed by atoms with Gasteiger partial charge in [-0.15, -0.1) is 11.3 Å². The number of amides is 1. The molecule has 1 atom stereocenters. The molecule has 0 bridgehead atoms. The number of nitriles is 1. The van der Waals surface area contributed by atoms with Gasteiger partial charge in [-0.2, -0.15) is 5.26 Å². The smallest absolute Gasteiger partial charge is 0.227 e. The lowest BCUT2D eigenvalue weighted by Gasteiger charge is -2.28. The number of ketones is 1. The van der Waals surface area contributed by atoms with Crippen LogP contribution in [0.4, 0.5) is 0 Å². The maximum Gasteiger partial charge on any atom is 0.227 e. The maximum absolute atomic E-state index is 12.2. The zero-order valence-electron chi connectivity index (χ0n) is 13.1. The van der Waals surface area contributed by atoms with Crippen molar-refractivity contribution in [2.24, 2.45) is 5.73 Å². The number of rotatable bonds is 5. The largest absolute Gasteiger partial charge is 0.369 e. The Morgan fingerprint density at radius 1 is 1.48 bits per heavy atom. The van der Waals surface area contributed by atoms with Gasteiger partial charge in [-0.25, -0.2) is 0 Å². The van der Waals surface area contributed by atoms with Gasteiger partial charge in [-0.1, -0.05) is 11.8 Å². The van der Waals surface area contributed by atoms with E-state index in [1.165, 1.54) is 30.0 Å². The van der Waals surface area contributed by atoms with E-state index in [2.05, 4.69) is 11.4 Å². The third-order valence-electron chi connectivity index (χ3n) is 3.55. The highest BCUT2D eigenvalue weighted by atomic mass is 32.2. The Balaban J connectivity index is 2.58. The van der Waals surface area contributed by atoms with Gasteiger partial charge in [0.25, 0.3) is 0 Å². The van der Waals surface area contributed by atoms with Crippen molar-refractivity contribution in [3.63, 3.8) is 0 Å². The summed E-state index contributed by atoms with van der Waals surface area (Å²) in [6, 6.07) is 4.19. The second-order valence-corrected chi connectivity index (χ2v) is 7.16. The molecule has 2 rings (SSSR count). The predicted molar refractivity (Wildman–Crippen MR) is 92.6 cm³/mol. The second-order valence-electron chi connectivity index (χ2n) is 5.23. The molecule has 7 heteroatoms. The molecule has 2 heterocycles. The molecule has 120 valence electrons. The van der Waals surface area contributed by atoms with Crippen LogP contribution in [-0.2, 0) is 9.59 Å². The Bertz CT molecular complexity index is 769. The summed E-state index contributed by atoms with van der Waals surface area (Å²) >= 11 is 2.72. The average molecular weight is 347 g/mol. The Kier molecular flexibility index (Phi) is 5.29. The SMILES string of the molecule is CC(=O)C1=C(C)NC(SCC(N)=O)=C(C#N)[C@H]1c1sccc1C. The molecule has 0 unspecified atom stereocenters. The number of Topliss-reactive ketones (excluding diaryl/α,β-unsaturated/α-hetero) is 1. The molecule has 0 saturated heterocycles. The molecule has 0 aliphatic carbocycles. The molecule has 1 aromatic rings. The van der Waals surface area contributed by atoms with E-state index in [0.717, 1.165) is 10.4 Å². The highest BCUT2D eigenvalue weighted by molar-refractivity contribution is 8.03. The minimum Gasteiger partial charge on any atom is -0.369 e. The second kappa shape index (κ2) is 7.02. The van der Waals surface area contributed by atoms with Crippen molar-refractivity contribution in [1.29, 1.82) is 5.26 Å². The number of thiophene rings is 1. The number of carbonyl (C=O) groups is 2. The summed E-state index contributed by atoms with van der Waals surface area (Å²) in [5, 5.41) is 15.3. The van der Waals surface area contributed by atoms with E-state index in [0.29, 0.717) is 21.9 Å². The Morgan fingerprint density at radius 2 is 2.17 bits per heavy atom. The van der Waals surface area contributed by atoms with Crippen molar-refractivity contribution in [2.45, 2.75) is 26.7 Å². The van der Waals surface area contributed by atoms with Gasteiger partial charge in [-0.3, -0.25) is 9.59 Å². The molecule has 1 amide bonds. The van der Waals surface area contributed by atoms with Gasteiger partial charge in [0.2, 0.25) is 5.91 Å². The molecule has 1 aromatic heterocycles. The van der Waals surface area contributed by atoms with Crippen molar-refractivity contribution < 1.29 is 9.59 Å². The first kappa shape index (κ1) is 17.3. The van der Waals surface area contributed by atoms with Crippen LogP contribution in [0.1, 0.15) is 30.2 Å². The summed E-state index contributed by atoms with van der Waals surface area (Å²) in [6.45, 7) is 5.28. The molecule has 1 aliphatic heterocycles. The van der Waals surface area contributed by atoms with Crippen LogP contribution in [0.25, 0.3) is 0 Å². The van der Waals surface area contributed by atoms with Crippen molar-refractivity contribution in [1.82, 2.24) is 5.32 Å². The summed E-state index contributed by atoms with van der Waals surface area (Å²) in [7, 11) is 0. The zero-order valence-corrected chi connectivity index (χ0v) is 14.7. The van der Waals surface area contributed by atoms with Gasteiger partial charge < -0.3 is 11.1 Å². The number of nitrogens with two attached hydrogens (primary N) is 1. The molecule has 0 saturated carbocycles. The predicted octanol–water partition coefficient (Wildman–Crippen LogP) is 2.56. The first-order chi connectivity index (χ1) is 10.9. The summed E-state index contributed by atoms with van der Waals surface area (Å²) in [5.41, 5.74) is 8.00. The van der Waals surface area contributed by atoms with Crippen LogP contribution in [0.3, 0.4) is 0 Å². The number of hydrogen-bond donors (Lipinski definition) is 2. The van der Waals surface area contributed by atoms with E-state index in [9.17, 15) is 14.9 Å². The van der Waals surface area contributed by atoms with Crippen LogP contribution in [0.15, 0.2) is 33.3 Å². The van der Waals surface area contributed by atoms with E-state index in [4.69, 9.17) is 5.73 Å². The van der Waals surface area contributed by atoms with Crippen molar-refractivity contribution in [3.05, 3.63) is 43.8 Å². The van der Waals surface area contributed by atoms with E-state index in [-0.39, 0.29) is 11.5 Å². The lowest BCUT2D eigenvalue weighted by Crippen LogP contribution is -2.27. The molecule has 1 aliphatic rings. The summed E-state index contributed by atoms with van der Waals surface area (Å²) in [5.74, 6) is -0.843. The first-order valence-corrected chi connectivity index (χ1v) is 8.81. The fourth-order valence-corrected chi connectivity index (χ4v) is 4.45. The van der Waals surface area contributed by atoms with E-state index < -0.39 is 11.8 Å². The third-order valence-corrected chi connectivity index (χ3v) is 5.67. The Labute approximate surface area is 143 Å². The molecule has 0 aromatic carbocycles. The normalized spacial score (nSPS) is 17.7. The molecule has 3 N–H and O–H groups in total. The number of thioether (sulfide) groups is 1. The first-order valence-electron chi connectivity index (χ1n) is 6.94. The molecule has 0 spiro atoms. The third kappa shape index (κ3) is 3.49. The van der Waals surface area contributed by atoms with Crippen LogP contribution in [0.5, 0.6) is 0 Å². The maximum atomic E-state index is 12.2. The van der Waals surface area contributed by atoms with Crippen LogP contribution in [0.2, 0.25) is 0 Å². The van der Waals surface area contributed by atoms with Gasteiger partial charge in [0.1, 0.15) is 0 Å². The van der Waals surface area contributed by atoms with Crippen LogP contribution < -0.4 is 11.1 Å². The minimum atomic E-state index is -0.454. The van der Waals surface area contributed by atoms with Crippen molar-refractivity contribution >= 4 is 34.8 Å². The molecule has 0 radical (unpaired) electrons. The topological polar surface area (TPSA) is 96.0 Å².